The van der Waals surface area contributed by atoms with Crippen molar-refractivity contribution in [1.29, 1.82) is 0 Å². The Bertz CT molecular complexity index is 1160. The lowest BCUT2D eigenvalue weighted by molar-refractivity contribution is -0.142. The van der Waals surface area contributed by atoms with Crippen LogP contribution in [0.15, 0.2) is 35.4 Å². The van der Waals surface area contributed by atoms with Gasteiger partial charge in [0.1, 0.15) is 0 Å². The number of aromatic amines is 1. The largest absolute Gasteiger partial charge is 0.481 e. The third-order valence-corrected chi connectivity index (χ3v) is 10.5. The molecule has 2 amide bonds. The first-order chi connectivity index (χ1) is 15.0. The smallest absolute Gasteiger partial charge is 0.305 e. The number of H-pyrrole nitrogens is 1. The highest BCUT2D eigenvalue weighted by Gasteiger charge is 2.69. The minimum atomic E-state index is -0.992. The molecule has 7 unspecified atom stereocenters. The van der Waals surface area contributed by atoms with E-state index in [2.05, 4.69) is 17.1 Å². The van der Waals surface area contributed by atoms with Crippen molar-refractivity contribution >= 4 is 53.1 Å². The molecule has 0 spiro atoms. The summed E-state index contributed by atoms with van der Waals surface area (Å²) in [6.07, 6.45) is 0.690. The summed E-state index contributed by atoms with van der Waals surface area (Å²) >= 11 is 8.87. The Balaban J connectivity index is 1.41. The molecular formula is C22H20N2O4S3. The zero-order chi connectivity index (χ0) is 21.4. The van der Waals surface area contributed by atoms with E-state index in [1.165, 1.54) is 15.3 Å². The highest BCUT2D eigenvalue weighted by atomic mass is 32.2. The average molecular weight is 473 g/mol. The number of nitrogens with zero attached hydrogens (tertiary/aromatic N) is 1. The molecule has 0 radical (unpaired) electrons. The fourth-order valence-corrected chi connectivity index (χ4v) is 9.87. The van der Waals surface area contributed by atoms with E-state index in [-0.39, 0.29) is 65.5 Å². The van der Waals surface area contributed by atoms with E-state index in [4.69, 9.17) is 17.3 Å². The van der Waals surface area contributed by atoms with Gasteiger partial charge in [0.05, 0.1) is 23.3 Å². The second-order valence-electron chi connectivity index (χ2n) is 8.84. The number of carbonyl (C=O) groups excluding carboxylic acids is 2. The Hall–Kier alpha value is -1.97. The molecule has 31 heavy (non-hydrogen) atoms. The molecule has 9 heteroatoms. The number of aliphatic carboxylic acids is 1. The van der Waals surface area contributed by atoms with Crippen LogP contribution in [0.25, 0.3) is 0 Å². The van der Waals surface area contributed by atoms with Gasteiger partial charge in [-0.05, 0) is 42.0 Å². The lowest BCUT2D eigenvalue weighted by Gasteiger charge is -2.43. The summed E-state index contributed by atoms with van der Waals surface area (Å²) in [4.78, 5) is 43.3. The zero-order valence-electron chi connectivity index (χ0n) is 16.4. The SMILES string of the molecule is O=C(O)CCN1C(=O)C2C3CC(C2C1=O)C1C(c2ccccc2)c2sc(=S)[nH]c2SC31. The Morgan fingerprint density at radius 3 is 2.58 bits per heavy atom. The van der Waals surface area contributed by atoms with Gasteiger partial charge in [-0.25, -0.2) is 0 Å². The zero-order valence-corrected chi connectivity index (χ0v) is 18.8. The summed E-state index contributed by atoms with van der Waals surface area (Å²) in [5.74, 6) is -1.24. The summed E-state index contributed by atoms with van der Waals surface area (Å²) in [5, 5.41) is 10.4. The van der Waals surface area contributed by atoms with Crippen LogP contribution in [-0.4, -0.2) is 44.6 Å². The number of carboxylic acid groups (broad SMARTS) is 1. The second-order valence-corrected chi connectivity index (χ2v) is 11.8. The van der Waals surface area contributed by atoms with Crippen LogP contribution in [0.3, 0.4) is 0 Å². The molecule has 2 N–H and O–H groups in total. The molecule has 6 rings (SSSR count). The van der Waals surface area contributed by atoms with Crippen molar-refractivity contribution < 1.29 is 19.5 Å². The number of likely N-dealkylation sites (tertiary alicyclic amines) is 1. The van der Waals surface area contributed by atoms with Gasteiger partial charge in [0, 0.05) is 22.6 Å². The molecule has 3 fully saturated rings. The number of benzene rings is 1. The van der Waals surface area contributed by atoms with Crippen LogP contribution in [0.2, 0.25) is 0 Å². The summed E-state index contributed by atoms with van der Waals surface area (Å²) in [5.41, 5.74) is 1.23. The van der Waals surface area contributed by atoms with Crippen LogP contribution < -0.4 is 0 Å². The number of nitrogens with one attached hydrogen (secondary N) is 1. The number of rotatable bonds is 4. The highest BCUT2D eigenvalue weighted by Crippen LogP contribution is 2.68. The van der Waals surface area contributed by atoms with Crippen LogP contribution in [0.4, 0.5) is 0 Å². The van der Waals surface area contributed by atoms with Crippen molar-refractivity contribution in [3.05, 3.63) is 44.7 Å². The van der Waals surface area contributed by atoms with Gasteiger partial charge in [0.25, 0.3) is 0 Å². The molecule has 1 aromatic carbocycles. The van der Waals surface area contributed by atoms with Gasteiger partial charge < -0.3 is 10.1 Å². The van der Waals surface area contributed by atoms with Crippen LogP contribution >= 0.6 is 35.3 Å². The molecule has 2 bridgehead atoms. The van der Waals surface area contributed by atoms with Gasteiger partial charge in [0.2, 0.25) is 11.8 Å². The lowest BCUT2D eigenvalue weighted by Crippen LogP contribution is -2.42. The summed E-state index contributed by atoms with van der Waals surface area (Å²) in [6.45, 7) is -0.0234. The maximum atomic E-state index is 13.3. The third kappa shape index (κ3) is 2.75. The molecule has 2 aromatic rings. The molecule has 6 nitrogen and oxygen atoms in total. The molecule has 7 atom stereocenters. The van der Waals surface area contributed by atoms with E-state index >= 15 is 0 Å². The van der Waals surface area contributed by atoms with Crippen LogP contribution in [0.1, 0.15) is 29.2 Å². The van der Waals surface area contributed by atoms with E-state index in [9.17, 15) is 14.4 Å². The number of thioether (sulfide) groups is 1. The van der Waals surface area contributed by atoms with E-state index in [0.717, 1.165) is 15.4 Å². The number of thiazole rings is 1. The quantitative estimate of drug-likeness (QED) is 0.520. The predicted octanol–water partition coefficient (Wildman–Crippen LogP) is 3.75. The Kier molecular flexibility index (Phi) is 4.46. The number of hydrogen-bond acceptors (Lipinski definition) is 6. The van der Waals surface area contributed by atoms with Crippen molar-refractivity contribution in [1.82, 2.24) is 9.88 Å². The summed E-state index contributed by atoms with van der Waals surface area (Å²) in [6, 6.07) is 10.4. The maximum absolute atomic E-state index is 13.3. The molecule has 1 saturated heterocycles. The van der Waals surface area contributed by atoms with Crippen LogP contribution in [0.5, 0.6) is 0 Å². The van der Waals surface area contributed by atoms with Crippen molar-refractivity contribution in [2.24, 2.45) is 29.6 Å². The van der Waals surface area contributed by atoms with Gasteiger partial charge in [0.15, 0.2) is 3.95 Å². The average Bonchev–Trinajstić information content (AvgIpc) is 3.46. The Morgan fingerprint density at radius 2 is 1.87 bits per heavy atom. The number of fused-ring (bicyclic) bond motifs is 9. The normalized spacial score (nSPS) is 35.2. The molecule has 2 aliphatic carbocycles. The first kappa shape index (κ1) is 19.7. The second kappa shape index (κ2) is 7.02. The Labute approximate surface area is 192 Å². The minimum Gasteiger partial charge on any atom is -0.481 e. The molecular weight excluding hydrogens is 452 g/mol. The van der Waals surface area contributed by atoms with Gasteiger partial charge >= 0.3 is 5.97 Å². The van der Waals surface area contributed by atoms with E-state index < -0.39 is 5.97 Å². The topological polar surface area (TPSA) is 90.5 Å². The van der Waals surface area contributed by atoms with E-state index in [1.54, 1.807) is 23.1 Å². The summed E-state index contributed by atoms with van der Waals surface area (Å²) < 4.78 is 0.762. The van der Waals surface area contributed by atoms with E-state index in [0.29, 0.717) is 0 Å². The summed E-state index contributed by atoms with van der Waals surface area (Å²) in [7, 11) is 0. The van der Waals surface area contributed by atoms with Crippen LogP contribution in [-0.2, 0) is 14.4 Å². The number of hydrogen-bond donors (Lipinski definition) is 2. The maximum Gasteiger partial charge on any atom is 0.305 e. The number of aromatic nitrogens is 1. The standard InChI is InChI=1S/C22H20N2O4S3/c25-12(26)6-7-24-20(27)15-10-8-11(16(15)21(24)28)17-14(10)13(9-4-2-1-3-5-9)18-19(30-17)23-22(29)31-18/h1-5,10-11,13-17H,6-8H2,(H,23,29)(H,25,26). The van der Waals surface area contributed by atoms with Crippen molar-refractivity contribution in [2.45, 2.75) is 29.0 Å². The Morgan fingerprint density at radius 1 is 1.16 bits per heavy atom. The fourth-order valence-electron chi connectivity index (χ4n) is 6.54. The van der Waals surface area contributed by atoms with Gasteiger partial charge in [-0.2, -0.15) is 0 Å². The van der Waals surface area contributed by atoms with Crippen molar-refractivity contribution in [3.63, 3.8) is 0 Å². The highest BCUT2D eigenvalue weighted by molar-refractivity contribution is 8.00. The van der Waals surface area contributed by atoms with Gasteiger partial charge in [-0.15, -0.1) is 23.1 Å². The molecule has 3 heterocycles. The van der Waals surface area contributed by atoms with Crippen molar-refractivity contribution in [2.75, 3.05) is 6.54 Å². The lowest BCUT2D eigenvalue weighted by atomic mass is 9.68. The van der Waals surface area contributed by atoms with Crippen molar-refractivity contribution in [3.8, 4) is 0 Å². The van der Waals surface area contributed by atoms with E-state index in [1.807, 2.05) is 18.2 Å². The molecule has 2 aliphatic heterocycles. The number of carboxylic acids is 1. The van der Waals surface area contributed by atoms with Crippen LogP contribution in [0, 0.1) is 33.5 Å². The first-order valence-electron chi connectivity index (χ1n) is 10.5. The monoisotopic (exact) mass is 472 g/mol. The number of amides is 2. The predicted molar refractivity (Wildman–Crippen MR) is 118 cm³/mol. The molecule has 160 valence electrons. The van der Waals surface area contributed by atoms with Gasteiger partial charge in [-0.3, -0.25) is 19.3 Å². The third-order valence-electron chi connectivity index (χ3n) is 7.52. The molecule has 2 saturated carbocycles. The number of imide groups is 1. The first-order valence-corrected chi connectivity index (χ1v) is 12.6. The minimum absolute atomic E-state index is 0.0234. The molecule has 1 aromatic heterocycles. The molecule has 4 aliphatic rings. The fraction of sp³-hybridized carbons (Fsp3) is 0.455. The van der Waals surface area contributed by atoms with Gasteiger partial charge in [-0.1, -0.05) is 30.3 Å². The number of carbonyl (C=O) groups is 3.